The molecule has 16 nitrogen and oxygen atoms in total. The molecule has 0 fully saturated rings. The summed E-state index contributed by atoms with van der Waals surface area (Å²) in [6.45, 7) is 29.5. The van der Waals surface area contributed by atoms with Gasteiger partial charge in [0.25, 0.3) is 0 Å². The van der Waals surface area contributed by atoms with Crippen molar-refractivity contribution in [2.75, 3.05) is 52.9 Å². The van der Waals surface area contributed by atoms with E-state index in [9.17, 15) is 0 Å². The number of nitrogens with zero attached hydrogens (tertiary/aromatic N) is 8. The van der Waals surface area contributed by atoms with Crippen LogP contribution in [0.4, 0.5) is 0 Å². The highest BCUT2D eigenvalue weighted by Gasteiger charge is 2.35. The van der Waals surface area contributed by atoms with Crippen LogP contribution in [0, 0.1) is 0 Å². The molecular formula is C123H114N8O8S8Si. The van der Waals surface area contributed by atoms with Gasteiger partial charge in [0, 0.05) is 118 Å². The largest absolute Gasteiger partial charge is 0.475 e. The van der Waals surface area contributed by atoms with Crippen LogP contribution < -0.4 is 4.50 Å². The summed E-state index contributed by atoms with van der Waals surface area (Å²) >= 11 is 15.0. The van der Waals surface area contributed by atoms with Gasteiger partial charge in [-0.1, -0.05) is 172 Å². The van der Waals surface area contributed by atoms with Crippen molar-refractivity contribution in [1.29, 1.82) is 0 Å². The summed E-state index contributed by atoms with van der Waals surface area (Å²) in [6, 6.07) is 92.1. The van der Waals surface area contributed by atoms with Gasteiger partial charge >= 0.3 is 0 Å². The number of ether oxygens (including phenoxy) is 8. The molecule has 0 N–H and O–H groups in total. The first-order chi connectivity index (χ1) is 72.4. The minimum absolute atomic E-state index is 0.109. The molecule has 16 aromatic rings. The fourth-order valence-electron chi connectivity index (χ4n) is 20.0. The molecule has 0 unspecified atom stereocenters. The van der Waals surface area contributed by atoms with Crippen LogP contribution in [0.2, 0.25) is 19.6 Å². The van der Waals surface area contributed by atoms with E-state index in [4.69, 9.17) is 77.8 Å². The van der Waals surface area contributed by atoms with E-state index in [1.54, 1.807) is 11.3 Å². The Hall–Kier alpha value is -12.7. The van der Waals surface area contributed by atoms with E-state index in [1.165, 1.54) is 60.9 Å². The van der Waals surface area contributed by atoms with Gasteiger partial charge in [0.1, 0.15) is 52.9 Å². The highest BCUT2D eigenvalue weighted by Crippen LogP contribution is 2.60. The smallest absolute Gasteiger partial charge is 0.216 e. The molecule has 0 saturated heterocycles. The summed E-state index contributed by atoms with van der Waals surface area (Å²) in [5.41, 5.74) is 25.9. The van der Waals surface area contributed by atoms with E-state index >= 15 is 0 Å². The Morgan fingerprint density at radius 1 is 0.196 bits per heavy atom. The molecule has 8 aliphatic heterocycles. The molecule has 0 saturated carbocycles. The third-order valence-electron chi connectivity index (χ3n) is 29.0. The highest BCUT2D eigenvalue weighted by atomic mass is 32.1. The van der Waals surface area contributed by atoms with Crippen LogP contribution >= 0.6 is 90.7 Å². The maximum atomic E-state index is 6.39. The van der Waals surface area contributed by atoms with Crippen molar-refractivity contribution < 1.29 is 37.9 Å². The fourth-order valence-corrected chi connectivity index (χ4v) is 32.3. The zero-order valence-electron chi connectivity index (χ0n) is 84.7. The van der Waals surface area contributed by atoms with Crippen LogP contribution in [0.3, 0.4) is 0 Å². The highest BCUT2D eigenvalue weighted by molar-refractivity contribution is 7.34. The number of hydrogen-bond donors (Lipinski definition) is 0. The second kappa shape index (κ2) is 41.7. The molecule has 0 amide bonds. The molecule has 0 radical (unpaired) electrons. The number of rotatable bonds is 32. The summed E-state index contributed by atoms with van der Waals surface area (Å²) in [5, 5.41) is 2.23. The van der Waals surface area contributed by atoms with Gasteiger partial charge in [-0.3, -0.25) is 0 Å². The molecule has 148 heavy (non-hydrogen) atoms. The zero-order valence-corrected chi connectivity index (χ0v) is 92.2. The standard InChI is InChI=1S/C123H114N8O8S8Si/c1-12-85-61-132-115(124-85)77-36-20-69(21-37-77)93-52-53-140-108(93)101-54-94(70-22-38-78(39-23-70)116-125-86(13-2)62-133-116)109(141-101)102-55-95(71-24-40-79(41-25-71)117-126-87(14-3)63-134-117)110(142-102)103-56-96(72-26-42-80(43-27-72)118-127-88(15-4)64-135-118)111(143-103)104-57-97(73-28-44-81(45-29-73)119-128-89(16-5)65-136-119)112(144-104)105-58-98(74-30-46-82(47-31-74)120-129-90(17-6)66-137-120)113(145-105)106-59-99(75-32-48-83(49-33-75)121-130-91(18-7)67-138-121)114(146-106)107-60-100(123(147-107)148(9,10)11)76-34-50-84(51-35-76)122-131-92(19-8)68-139-122/h20-60,85-92H,12-19,61-68H2,1-11H3/t85-,86-,87-,88-,89-,90-,91-,92-/m1/s1. The first kappa shape index (κ1) is 97.4. The predicted molar refractivity (Wildman–Crippen MR) is 627 cm³/mol. The van der Waals surface area contributed by atoms with Crippen molar-refractivity contribution in [2.24, 2.45) is 39.9 Å². The molecule has 25 heteroatoms. The first-order valence-corrected chi connectivity index (χ1v) is 62.1. The van der Waals surface area contributed by atoms with Gasteiger partial charge < -0.3 is 37.9 Å². The van der Waals surface area contributed by atoms with E-state index in [0.29, 0.717) is 94.1 Å². The Kier molecular flexibility index (Phi) is 27.4. The lowest BCUT2D eigenvalue weighted by molar-refractivity contribution is 0.315. The van der Waals surface area contributed by atoms with E-state index in [2.05, 4.69) is 323 Å². The minimum Gasteiger partial charge on any atom is -0.475 e. The zero-order chi connectivity index (χ0) is 101. The maximum absolute atomic E-state index is 6.39. The van der Waals surface area contributed by atoms with Crippen LogP contribution in [0.15, 0.2) is 288 Å². The Morgan fingerprint density at radius 3 is 0.527 bits per heavy atom. The van der Waals surface area contributed by atoms with Crippen molar-refractivity contribution >= 4 is 150 Å². The average Bonchev–Trinajstić information content (AvgIpc) is 1.59. The molecule has 16 heterocycles. The molecule has 8 atom stereocenters. The lowest BCUT2D eigenvalue weighted by Crippen LogP contribution is -2.36. The Labute approximate surface area is 898 Å². The summed E-state index contributed by atoms with van der Waals surface area (Å²) in [7, 11) is -2.02. The SMILES string of the molecule is CC[C@@H]1COC(c2ccc(-c3ccsc3-c3cc(-c4ccc(C5=N[C@H](CC)CO5)cc4)c(-c4cc(-c5ccc(C6=N[C@H](CC)CO6)cc5)c(-c5cc(-c6ccc(C7=N[C@H](CC)CO7)cc6)c(-c6cc(-c7ccc(C8=N[C@H](CC)CO8)cc7)c(-c7cc(-c8ccc(C9=N[C@H](CC)CO9)cc8)c(-c8cc(-c9ccc(C%10=N[C@H](CC)CO%10)cc9)c(-c9cc(-c%10ccc(C%11=N[C@H](CC)CO%11)cc%10)c([Si](C)(C)C)s9)s8)s7)s6)s5)s4)s3)cc2)=N1. The Balaban J connectivity index is 0.701. The first-order valence-electron chi connectivity index (χ1n) is 52.0. The van der Waals surface area contributed by atoms with E-state index in [0.717, 1.165) is 203 Å². The summed E-state index contributed by atoms with van der Waals surface area (Å²) in [5.74, 6) is 5.60. The number of benzene rings is 8. The maximum Gasteiger partial charge on any atom is 0.216 e. The third-order valence-corrected chi connectivity index (χ3v) is 42.8. The molecule has 24 rings (SSSR count). The fraction of sp³-hybridized carbons (Fsp3) is 0.285. The van der Waals surface area contributed by atoms with Gasteiger partial charge in [-0.25, -0.2) is 39.9 Å². The molecule has 8 aliphatic rings. The number of thiophene rings is 8. The van der Waals surface area contributed by atoms with Crippen LogP contribution in [0.1, 0.15) is 151 Å². The second-order valence-electron chi connectivity index (χ2n) is 40.0. The number of aliphatic imine (C=N–C) groups is 8. The van der Waals surface area contributed by atoms with Crippen molar-refractivity contribution in [1.82, 2.24) is 0 Å². The second-order valence-corrected chi connectivity index (χ2v) is 53.6. The van der Waals surface area contributed by atoms with E-state index in [-0.39, 0.29) is 48.3 Å². The lowest BCUT2D eigenvalue weighted by atomic mass is 9.99. The summed E-state index contributed by atoms with van der Waals surface area (Å²) in [6.07, 6.45) is 7.34. The summed E-state index contributed by atoms with van der Waals surface area (Å²) in [4.78, 5) is 56.7. The van der Waals surface area contributed by atoms with Crippen LogP contribution in [0.5, 0.6) is 0 Å². The van der Waals surface area contributed by atoms with Crippen LogP contribution in [-0.2, 0) is 37.9 Å². The van der Waals surface area contributed by atoms with Crippen molar-refractivity contribution in [2.45, 2.75) is 175 Å². The van der Waals surface area contributed by atoms with Gasteiger partial charge in [0.15, 0.2) is 0 Å². The molecule has 0 spiro atoms. The van der Waals surface area contributed by atoms with Crippen molar-refractivity contribution in [3.63, 3.8) is 0 Å². The van der Waals surface area contributed by atoms with Gasteiger partial charge in [-0.2, -0.15) is 0 Å². The van der Waals surface area contributed by atoms with Crippen molar-refractivity contribution in [3.8, 4) is 157 Å². The molecule has 8 aromatic heterocycles. The molecule has 8 aromatic carbocycles. The normalized spacial score (nSPS) is 19.4. The van der Waals surface area contributed by atoms with Gasteiger partial charge in [-0.05, 0) is 257 Å². The topological polar surface area (TPSA) is 173 Å². The molecule has 0 aliphatic carbocycles. The monoisotopic (exact) mass is 2110 g/mol. The molecular weight excluding hydrogens is 2000 g/mol. The quantitative estimate of drug-likeness (QED) is 0.0375. The molecule has 0 bridgehead atoms. The van der Waals surface area contributed by atoms with Crippen LogP contribution in [-0.4, -0.2) is 156 Å². The number of hydrogen-bond acceptors (Lipinski definition) is 24. The van der Waals surface area contributed by atoms with E-state index in [1.807, 2.05) is 79.4 Å². The van der Waals surface area contributed by atoms with Crippen LogP contribution in [0.25, 0.3) is 157 Å². The Bertz CT molecular complexity index is 7950. The van der Waals surface area contributed by atoms with Gasteiger partial charge in [-0.15, -0.1) is 90.7 Å². The molecule has 746 valence electrons. The third kappa shape index (κ3) is 19.4. The van der Waals surface area contributed by atoms with Gasteiger partial charge in [0.2, 0.25) is 47.2 Å². The average molecular weight is 2120 g/mol. The predicted octanol–water partition coefficient (Wildman–Crippen LogP) is 32.2. The van der Waals surface area contributed by atoms with Gasteiger partial charge in [0.05, 0.1) is 90.5 Å². The summed E-state index contributed by atoms with van der Waals surface area (Å²) < 4.78 is 51.9. The lowest BCUT2D eigenvalue weighted by Gasteiger charge is -2.17. The minimum atomic E-state index is -2.02. The van der Waals surface area contributed by atoms with Crippen molar-refractivity contribution in [3.05, 3.63) is 293 Å². The Morgan fingerprint density at radius 2 is 0.351 bits per heavy atom. The van der Waals surface area contributed by atoms with E-state index < -0.39 is 8.07 Å².